The topological polar surface area (TPSA) is 104 Å². The first kappa shape index (κ1) is 34.7. The van der Waals surface area contributed by atoms with Gasteiger partial charge in [-0.15, -0.1) is 0 Å². The number of carbonyl (C=O) groups excluding carboxylic acids is 1. The van der Waals surface area contributed by atoms with Crippen LogP contribution < -0.4 is 9.80 Å². The number of ether oxygens (including phenoxy) is 1. The fourth-order valence-electron chi connectivity index (χ4n) is 7.02. The molecule has 0 spiro atoms. The number of para-hydroxylation sites is 2. The Hall–Kier alpha value is -4.59. The van der Waals surface area contributed by atoms with Crippen molar-refractivity contribution in [1.29, 1.82) is 5.26 Å². The van der Waals surface area contributed by atoms with Crippen molar-refractivity contribution in [2.45, 2.75) is 46.2 Å². The Morgan fingerprint density at radius 2 is 1.60 bits per heavy atom. The highest BCUT2D eigenvalue weighted by atomic mass is 16.5. The van der Waals surface area contributed by atoms with E-state index in [1.165, 1.54) is 28.7 Å². The number of aryl methyl sites for hydroxylation is 3. The zero-order valence-corrected chi connectivity index (χ0v) is 28.7. The fraction of sp³-hybridized carbons (Fsp3) is 0.447. The van der Waals surface area contributed by atoms with Gasteiger partial charge in [0.2, 0.25) is 0 Å². The monoisotopic (exact) mass is 652 g/mol. The van der Waals surface area contributed by atoms with Crippen molar-refractivity contribution in [2.24, 2.45) is 0 Å². The molecule has 0 saturated carbocycles. The standard InChI is InChI=1S/C38H48N6O4/c1-28-22-29(2)34(23-33(28)26-40-16-18-41(19-17-40)36-14-8-6-11-32(36)24-39)37(45)44-21-20-42(25-30(44)3)35-13-7-5-10-31(35)12-9-15-43(27-48-4)38(46)47/h5-8,10-11,13-14,22-23,30H,9,12,15-21,25-27H2,1-4H3,(H,46,47)/t30-/m0/s1. The Labute approximate surface area is 284 Å². The molecule has 0 aromatic heterocycles. The number of hydrogen-bond acceptors (Lipinski definition) is 7. The lowest BCUT2D eigenvalue weighted by Gasteiger charge is -2.42. The van der Waals surface area contributed by atoms with Crippen LogP contribution in [0, 0.1) is 25.2 Å². The smallest absolute Gasteiger partial charge is 0.409 e. The molecule has 10 heteroatoms. The van der Waals surface area contributed by atoms with Crippen LogP contribution in [0.4, 0.5) is 16.2 Å². The van der Waals surface area contributed by atoms with Gasteiger partial charge in [-0.2, -0.15) is 5.26 Å². The second kappa shape index (κ2) is 16.0. The van der Waals surface area contributed by atoms with Crippen LogP contribution in [0.1, 0.15) is 51.5 Å². The number of hydrogen-bond donors (Lipinski definition) is 1. The van der Waals surface area contributed by atoms with Crippen LogP contribution in [0.15, 0.2) is 60.7 Å². The quantitative estimate of drug-likeness (QED) is 0.276. The highest BCUT2D eigenvalue weighted by Gasteiger charge is 2.30. The molecule has 1 atom stereocenters. The fourth-order valence-corrected chi connectivity index (χ4v) is 7.02. The molecule has 2 heterocycles. The summed E-state index contributed by atoms with van der Waals surface area (Å²) in [4.78, 5) is 35.9. The Kier molecular flexibility index (Phi) is 11.6. The molecule has 5 rings (SSSR count). The molecule has 0 radical (unpaired) electrons. The predicted molar refractivity (Wildman–Crippen MR) is 189 cm³/mol. The molecule has 2 fully saturated rings. The van der Waals surface area contributed by atoms with Gasteiger partial charge >= 0.3 is 6.09 Å². The Bertz CT molecular complexity index is 1630. The molecule has 2 amide bonds. The average Bonchev–Trinajstić information content (AvgIpc) is 3.09. The van der Waals surface area contributed by atoms with Gasteiger partial charge in [0.15, 0.2) is 0 Å². The second-order valence-corrected chi connectivity index (χ2v) is 13.0. The van der Waals surface area contributed by atoms with Gasteiger partial charge < -0.3 is 24.5 Å². The number of methoxy groups -OCH3 is 1. The SMILES string of the molecule is COCN(CCCc1ccccc1N1CCN(C(=O)c2cc(CN3CCN(c4ccccc4C#N)CC3)c(C)cc2C)[C@@H](C)C1)C(=O)O. The molecule has 2 saturated heterocycles. The van der Waals surface area contributed by atoms with E-state index in [2.05, 4.69) is 58.9 Å². The van der Waals surface area contributed by atoms with Crippen LogP contribution in [0.3, 0.4) is 0 Å². The summed E-state index contributed by atoms with van der Waals surface area (Å²) < 4.78 is 5.03. The number of piperazine rings is 2. The van der Waals surface area contributed by atoms with E-state index < -0.39 is 6.09 Å². The number of carboxylic acid groups (broad SMARTS) is 1. The van der Waals surface area contributed by atoms with Crippen molar-refractivity contribution < 1.29 is 19.4 Å². The number of rotatable bonds is 11. The van der Waals surface area contributed by atoms with Crippen molar-refractivity contribution in [2.75, 3.05) is 76.0 Å². The third-order valence-corrected chi connectivity index (χ3v) is 9.70. The summed E-state index contributed by atoms with van der Waals surface area (Å²) in [7, 11) is 1.50. The van der Waals surface area contributed by atoms with E-state index in [1.807, 2.05) is 48.2 Å². The van der Waals surface area contributed by atoms with E-state index in [0.29, 0.717) is 25.1 Å². The maximum Gasteiger partial charge on any atom is 0.409 e. The van der Waals surface area contributed by atoms with Gasteiger partial charge in [0.05, 0.1) is 11.3 Å². The predicted octanol–water partition coefficient (Wildman–Crippen LogP) is 5.36. The maximum atomic E-state index is 14.1. The first-order valence-electron chi connectivity index (χ1n) is 16.9. The van der Waals surface area contributed by atoms with Crippen LogP contribution in [0.25, 0.3) is 0 Å². The van der Waals surface area contributed by atoms with E-state index in [-0.39, 0.29) is 18.7 Å². The van der Waals surface area contributed by atoms with Crippen LogP contribution in [0.5, 0.6) is 0 Å². The summed E-state index contributed by atoms with van der Waals surface area (Å²) in [6.45, 7) is 13.1. The van der Waals surface area contributed by atoms with Crippen LogP contribution in [-0.2, 0) is 17.7 Å². The summed E-state index contributed by atoms with van der Waals surface area (Å²) >= 11 is 0. The lowest BCUT2D eigenvalue weighted by molar-refractivity contribution is 0.0592. The summed E-state index contributed by atoms with van der Waals surface area (Å²) in [5, 5.41) is 19.0. The first-order valence-corrected chi connectivity index (χ1v) is 16.9. The summed E-state index contributed by atoms with van der Waals surface area (Å²) in [6.07, 6.45) is 0.471. The van der Waals surface area contributed by atoms with Gasteiger partial charge in [0.25, 0.3) is 5.91 Å². The first-order chi connectivity index (χ1) is 23.2. The van der Waals surface area contributed by atoms with Gasteiger partial charge in [0, 0.05) is 83.3 Å². The van der Waals surface area contributed by atoms with Crippen LogP contribution >= 0.6 is 0 Å². The Balaban J connectivity index is 1.21. The minimum atomic E-state index is -0.978. The summed E-state index contributed by atoms with van der Waals surface area (Å²) in [6, 6.07) is 22.7. The average molecular weight is 653 g/mol. The number of nitrogens with zero attached hydrogens (tertiary/aromatic N) is 6. The molecule has 0 aliphatic carbocycles. The van der Waals surface area contributed by atoms with Crippen LogP contribution in [0.2, 0.25) is 0 Å². The molecule has 2 aliphatic rings. The summed E-state index contributed by atoms with van der Waals surface area (Å²) in [5.41, 5.74) is 8.20. The van der Waals surface area contributed by atoms with Crippen molar-refractivity contribution in [3.63, 3.8) is 0 Å². The molecule has 3 aromatic carbocycles. The van der Waals surface area contributed by atoms with Gasteiger partial charge in [-0.1, -0.05) is 36.4 Å². The maximum absolute atomic E-state index is 14.1. The minimum Gasteiger partial charge on any atom is -0.465 e. The molecule has 254 valence electrons. The highest BCUT2D eigenvalue weighted by Crippen LogP contribution is 2.28. The Morgan fingerprint density at radius 3 is 2.29 bits per heavy atom. The normalized spacial score (nSPS) is 16.9. The van der Waals surface area contributed by atoms with Gasteiger partial charge in [-0.05, 0) is 80.1 Å². The van der Waals surface area contributed by atoms with E-state index in [4.69, 9.17) is 4.74 Å². The van der Waals surface area contributed by atoms with Gasteiger partial charge in [-0.25, -0.2) is 4.79 Å². The number of carbonyl (C=O) groups is 2. The van der Waals surface area contributed by atoms with E-state index in [9.17, 15) is 20.0 Å². The zero-order valence-electron chi connectivity index (χ0n) is 28.7. The van der Waals surface area contributed by atoms with Crippen molar-refractivity contribution in [1.82, 2.24) is 14.7 Å². The molecule has 10 nitrogen and oxygen atoms in total. The third kappa shape index (κ3) is 8.09. The van der Waals surface area contributed by atoms with E-state index >= 15 is 0 Å². The molecular weight excluding hydrogens is 604 g/mol. The van der Waals surface area contributed by atoms with Crippen LogP contribution in [-0.4, -0.2) is 104 Å². The molecule has 1 N–H and O–H groups in total. The van der Waals surface area contributed by atoms with Crippen molar-refractivity contribution in [3.05, 3.63) is 94.0 Å². The second-order valence-electron chi connectivity index (χ2n) is 13.0. The largest absolute Gasteiger partial charge is 0.465 e. The van der Waals surface area contributed by atoms with E-state index in [0.717, 1.165) is 74.7 Å². The number of benzene rings is 3. The van der Waals surface area contributed by atoms with Gasteiger partial charge in [-0.3, -0.25) is 14.6 Å². The lowest BCUT2D eigenvalue weighted by atomic mass is 9.97. The molecule has 2 aliphatic heterocycles. The van der Waals surface area contributed by atoms with Crippen molar-refractivity contribution >= 4 is 23.4 Å². The molecule has 0 bridgehead atoms. The number of nitriles is 1. The summed E-state index contributed by atoms with van der Waals surface area (Å²) in [5.74, 6) is 0.0824. The third-order valence-electron chi connectivity index (χ3n) is 9.70. The molecule has 48 heavy (non-hydrogen) atoms. The molecule has 3 aromatic rings. The number of anilines is 2. The van der Waals surface area contributed by atoms with Crippen molar-refractivity contribution in [3.8, 4) is 6.07 Å². The molecule has 0 unspecified atom stereocenters. The minimum absolute atomic E-state index is 0.0250. The number of amides is 2. The van der Waals surface area contributed by atoms with E-state index in [1.54, 1.807) is 0 Å². The highest BCUT2D eigenvalue weighted by molar-refractivity contribution is 5.96. The Morgan fingerprint density at radius 1 is 0.917 bits per heavy atom. The molecular formula is C38H48N6O4. The lowest BCUT2D eigenvalue weighted by Crippen LogP contribution is -2.54. The zero-order chi connectivity index (χ0) is 34.2. The van der Waals surface area contributed by atoms with Gasteiger partial charge in [0.1, 0.15) is 12.8 Å².